The number of ether oxygens (including phenoxy) is 3. The topological polar surface area (TPSA) is 108 Å². The monoisotopic (exact) mass is 379 g/mol. The van der Waals surface area contributed by atoms with Crippen LogP contribution in [0.1, 0.15) is 37.6 Å². The third-order valence-corrected chi connectivity index (χ3v) is 3.97. The van der Waals surface area contributed by atoms with Crippen molar-refractivity contribution in [2.45, 2.75) is 33.2 Å². The first-order valence-electron chi connectivity index (χ1n) is 8.55. The Morgan fingerprint density at radius 2 is 1.70 bits per heavy atom. The molecule has 1 aromatic rings. The van der Waals surface area contributed by atoms with E-state index in [1.807, 2.05) is 6.92 Å². The van der Waals surface area contributed by atoms with Gasteiger partial charge in [-0.05, 0) is 37.1 Å². The van der Waals surface area contributed by atoms with Gasteiger partial charge in [-0.15, -0.1) is 0 Å². The van der Waals surface area contributed by atoms with Crippen molar-refractivity contribution >= 4 is 23.6 Å². The maximum Gasteiger partial charge on any atom is 0.344 e. The molecule has 0 radical (unpaired) electrons. The van der Waals surface area contributed by atoms with E-state index in [-0.39, 0.29) is 11.7 Å². The minimum atomic E-state index is -0.803. The average molecular weight is 379 g/mol. The number of benzene rings is 1. The molecule has 1 N–H and O–H groups in total. The smallest absolute Gasteiger partial charge is 0.344 e. The molecule has 1 amide bonds. The number of esters is 2. The van der Waals surface area contributed by atoms with E-state index in [1.165, 1.54) is 14.0 Å². The highest BCUT2D eigenvalue weighted by Gasteiger charge is 2.26. The second-order valence-electron chi connectivity index (χ2n) is 5.98. The number of ketones is 1. The Balaban J connectivity index is 2.43. The molecule has 1 aromatic carbocycles. The third-order valence-electron chi connectivity index (χ3n) is 3.97. The zero-order valence-electron chi connectivity index (χ0n) is 15.9. The first-order valence-corrected chi connectivity index (χ1v) is 8.55. The second kappa shape index (κ2) is 10.9. The number of rotatable bonds is 10. The zero-order chi connectivity index (χ0) is 20.4. The molecule has 0 aliphatic heterocycles. The largest absolute Gasteiger partial charge is 0.482 e. The quantitative estimate of drug-likeness (QED) is 0.485. The van der Waals surface area contributed by atoms with Crippen LogP contribution in [0.5, 0.6) is 5.75 Å². The fourth-order valence-corrected chi connectivity index (χ4v) is 2.13. The molecule has 0 aromatic heterocycles. The lowest BCUT2D eigenvalue weighted by molar-refractivity contribution is -0.152. The summed E-state index contributed by atoms with van der Waals surface area (Å²) in [5.74, 6) is -1.71. The van der Waals surface area contributed by atoms with Crippen LogP contribution in [0.3, 0.4) is 0 Å². The molecule has 8 nitrogen and oxygen atoms in total. The van der Waals surface area contributed by atoms with Gasteiger partial charge in [-0.2, -0.15) is 0 Å². The molecule has 148 valence electrons. The first-order chi connectivity index (χ1) is 12.8. The summed E-state index contributed by atoms with van der Waals surface area (Å²) >= 11 is 0. The standard InChI is InChI=1S/C19H25NO7/c1-5-12(2)18(19(24)25-4)20-16(22)10-27-17(23)11-26-15-8-6-14(7-9-15)13(3)21/h6-9,12,18H,5,10-11H2,1-4H3,(H,20,22)/t12-,18+/m1/s1. The highest BCUT2D eigenvalue weighted by Crippen LogP contribution is 2.12. The zero-order valence-corrected chi connectivity index (χ0v) is 15.9. The van der Waals surface area contributed by atoms with Gasteiger partial charge in [-0.25, -0.2) is 9.59 Å². The number of Topliss-reactive ketones (excluding diaryl/α,β-unsaturated/α-hetero) is 1. The van der Waals surface area contributed by atoms with Crippen molar-refractivity contribution in [1.82, 2.24) is 5.32 Å². The second-order valence-corrected chi connectivity index (χ2v) is 5.98. The van der Waals surface area contributed by atoms with E-state index in [9.17, 15) is 19.2 Å². The van der Waals surface area contributed by atoms with Gasteiger partial charge in [0.2, 0.25) is 0 Å². The minimum absolute atomic E-state index is 0.0744. The van der Waals surface area contributed by atoms with Crippen LogP contribution in [0.15, 0.2) is 24.3 Å². The van der Waals surface area contributed by atoms with Crippen LogP contribution in [-0.2, 0) is 23.9 Å². The molecule has 0 heterocycles. The Morgan fingerprint density at radius 3 is 2.22 bits per heavy atom. The molecular formula is C19H25NO7. The number of hydrogen-bond acceptors (Lipinski definition) is 7. The maximum absolute atomic E-state index is 11.9. The predicted octanol–water partition coefficient (Wildman–Crippen LogP) is 1.52. The van der Waals surface area contributed by atoms with Crippen molar-refractivity contribution in [2.75, 3.05) is 20.3 Å². The Bertz CT molecular complexity index is 669. The van der Waals surface area contributed by atoms with E-state index >= 15 is 0 Å². The van der Waals surface area contributed by atoms with Crippen LogP contribution in [-0.4, -0.2) is 50.0 Å². The molecule has 2 atom stereocenters. The molecule has 0 aliphatic carbocycles. The van der Waals surface area contributed by atoms with Crippen LogP contribution in [0.25, 0.3) is 0 Å². The number of carbonyl (C=O) groups is 4. The molecule has 0 aliphatic rings. The number of amides is 1. The fraction of sp³-hybridized carbons (Fsp3) is 0.474. The summed E-state index contributed by atoms with van der Waals surface area (Å²) in [6, 6.07) is 5.48. The van der Waals surface area contributed by atoms with E-state index in [0.717, 1.165) is 0 Å². The fourth-order valence-electron chi connectivity index (χ4n) is 2.13. The minimum Gasteiger partial charge on any atom is -0.482 e. The van der Waals surface area contributed by atoms with Gasteiger partial charge in [-0.3, -0.25) is 9.59 Å². The van der Waals surface area contributed by atoms with Crippen LogP contribution in [0.2, 0.25) is 0 Å². The van der Waals surface area contributed by atoms with Crippen molar-refractivity contribution in [3.63, 3.8) is 0 Å². The maximum atomic E-state index is 11.9. The van der Waals surface area contributed by atoms with Gasteiger partial charge in [-0.1, -0.05) is 20.3 Å². The van der Waals surface area contributed by atoms with E-state index < -0.39 is 37.1 Å². The molecule has 8 heteroatoms. The summed E-state index contributed by atoms with van der Waals surface area (Å²) < 4.78 is 14.7. The molecular weight excluding hydrogens is 354 g/mol. The van der Waals surface area contributed by atoms with E-state index in [1.54, 1.807) is 31.2 Å². The molecule has 0 saturated heterocycles. The number of nitrogens with one attached hydrogen (secondary N) is 1. The Morgan fingerprint density at radius 1 is 1.07 bits per heavy atom. The summed E-state index contributed by atoms with van der Waals surface area (Å²) in [5, 5.41) is 2.50. The summed E-state index contributed by atoms with van der Waals surface area (Å²) in [7, 11) is 1.24. The lowest BCUT2D eigenvalue weighted by Crippen LogP contribution is -2.47. The van der Waals surface area contributed by atoms with Gasteiger partial charge in [0.25, 0.3) is 5.91 Å². The molecule has 1 rings (SSSR count). The predicted molar refractivity (Wildman–Crippen MR) is 96.3 cm³/mol. The van der Waals surface area contributed by atoms with E-state index in [2.05, 4.69) is 10.1 Å². The van der Waals surface area contributed by atoms with Gasteiger partial charge in [0, 0.05) is 5.56 Å². The lowest BCUT2D eigenvalue weighted by Gasteiger charge is -2.21. The molecule has 27 heavy (non-hydrogen) atoms. The Hall–Kier alpha value is -2.90. The summed E-state index contributed by atoms with van der Waals surface area (Å²) in [4.78, 5) is 46.5. The van der Waals surface area contributed by atoms with Crippen LogP contribution < -0.4 is 10.1 Å². The number of carbonyl (C=O) groups excluding carboxylic acids is 4. The van der Waals surface area contributed by atoms with Gasteiger partial charge in [0.05, 0.1) is 7.11 Å². The van der Waals surface area contributed by atoms with E-state index in [4.69, 9.17) is 9.47 Å². The van der Waals surface area contributed by atoms with E-state index in [0.29, 0.717) is 17.7 Å². The van der Waals surface area contributed by atoms with Crippen molar-refractivity contribution in [3.05, 3.63) is 29.8 Å². The molecule has 0 spiro atoms. The van der Waals surface area contributed by atoms with Crippen LogP contribution >= 0.6 is 0 Å². The number of methoxy groups -OCH3 is 1. The van der Waals surface area contributed by atoms with Crippen LogP contribution in [0.4, 0.5) is 0 Å². The SMILES string of the molecule is CC[C@@H](C)[C@H](NC(=O)COC(=O)COc1ccc(C(C)=O)cc1)C(=O)OC. The van der Waals surface area contributed by atoms with Crippen molar-refractivity contribution in [3.8, 4) is 5.75 Å². The van der Waals surface area contributed by atoms with Crippen molar-refractivity contribution < 1.29 is 33.4 Å². The van der Waals surface area contributed by atoms with Crippen molar-refractivity contribution in [1.29, 1.82) is 0 Å². The molecule has 0 saturated carbocycles. The van der Waals surface area contributed by atoms with Crippen LogP contribution in [0, 0.1) is 5.92 Å². The summed E-state index contributed by atoms with van der Waals surface area (Å²) in [5.41, 5.74) is 0.531. The van der Waals surface area contributed by atoms with Gasteiger partial charge in [0.1, 0.15) is 11.8 Å². The van der Waals surface area contributed by atoms with Gasteiger partial charge >= 0.3 is 11.9 Å². The lowest BCUT2D eigenvalue weighted by atomic mass is 9.99. The average Bonchev–Trinajstić information content (AvgIpc) is 2.67. The highest BCUT2D eigenvalue weighted by atomic mass is 16.6. The normalized spacial score (nSPS) is 12.4. The van der Waals surface area contributed by atoms with Gasteiger partial charge in [0.15, 0.2) is 19.0 Å². The molecule has 0 fully saturated rings. The highest BCUT2D eigenvalue weighted by molar-refractivity contribution is 5.94. The molecule has 0 unspecified atom stereocenters. The molecule has 0 bridgehead atoms. The van der Waals surface area contributed by atoms with Gasteiger partial charge < -0.3 is 19.5 Å². The Kier molecular flexibility index (Phi) is 8.98. The summed E-state index contributed by atoms with van der Waals surface area (Å²) in [6.45, 7) is 4.21. The Labute approximate surface area is 158 Å². The first kappa shape index (κ1) is 22.1. The summed E-state index contributed by atoms with van der Waals surface area (Å²) in [6.07, 6.45) is 0.663. The number of hydrogen-bond donors (Lipinski definition) is 1. The third kappa shape index (κ3) is 7.47. The van der Waals surface area contributed by atoms with Crippen molar-refractivity contribution in [2.24, 2.45) is 5.92 Å².